The van der Waals surface area contributed by atoms with Crippen molar-refractivity contribution in [2.75, 3.05) is 6.54 Å². The summed E-state index contributed by atoms with van der Waals surface area (Å²) in [5, 5.41) is 0. The van der Waals surface area contributed by atoms with Crippen LogP contribution in [0, 0.1) is 5.92 Å². The monoisotopic (exact) mass is 197 g/mol. The fourth-order valence-corrected chi connectivity index (χ4v) is 2.27. The van der Waals surface area contributed by atoms with Gasteiger partial charge in [0.1, 0.15) is 5.78 Å². The van der Waals surface area contributed by atoms with E-state index in [1.165, 1.54) is 6.42 Å². The molecule has 1 aliphatic rings. The summed E-state index contributed by atoms with van der Waals surface area (Å²) in [4.78, 5) is 13.9. The molecule has 2 unspecified atom stereocenters. The lowest BCUT2D eigenvalue weighted by atomic mass is 9.90. The molecule has 0 saturated carbocycles. The van der Waals surface area contributed by atoms with Crippen LogP contribution in [0.4, 0.5) is 0 Å². The van der Waals surface area contributed by atoms with Crippen LogP contribution in [-0.2, 0) is 4.79 Å². The third-order valence-corrected chi connectivity index (χ3v) is 3.44. The van der Waals surface area contributed by atoms with E-state index in [-0.39, 0.29) is 0 Å². The maximum absolute atomic E-state index is 11.4. The normalized spacial score (nSPS) is 26.9. The molecule has 1 saturated heterocycles. The molecular weight excluding hydrogens is 174 g/mol. The summed E-state index contributed by atoms with van der Waals surface area (Å²) >= 11 is 0. The number of Topliss-reactive ketones (excluding diaryl/α,β-unsaturated/α-hetero) is 1. The number of ketones is 1. The van der Waals surface area contributed by atoms with E-state index in [0.717, 1.165) is 19.4 Å². The van der Waals surface area contributed by atoms with Crippen molar-refractivity contribution >= 4 is 5.78 Å². The average molecular weight is 197 g/mol. The van der Waals surface area contributed by atoms with Crippen LogP contribution in [0.2, 0.25) is 0 Å². The maximum Gasteiger partial charge on any atom is 0.135 e. The molecule has 1 fully saturated rings. The van der Waals surface area contributed by atoms with E-state index in [1.54, 1.807) is 0 Å². The topological polar surface area (TPSA) is 20.3 Å². The van der Waals surface area contributed by atoms with Gasteiger partial charge in [0.2, 0.25) is 0 Å². The van der Waals surface area contributed by atoms with Crippen molar-refractivity contribution in [2.24, 2.45) is 5.92 Å². The van der Waals surface area contributed by atoms with E-state index in [1.807, 2.05) is 0 Å². The van der Waals surface area contributed by atoms with Crippen LogP contribution >= 0.6 is 0 Å². The second-order valence-electron chi connectivity index (χ2n) is 4.80. The first-order valence-electron chi connectivity index (χ1n) is 5.83. The highest BCUT2D eigenvalue weighted by atomic mass is 16.1. The van der Waals surface area contributed by atoms with Gasteiger partial charge in [0.05, 0.1) is 0 Å². The largest absolute Gasteiger partial charge is 0.300 e. The predicted octanol–water partition coefficient (Wildman–Crippen LogP) is 2.47. The Balaban J connectivity index is 2.67. The van der Waals surface area contributed by atoms with Crippen LogP contribution in [0.5, 0.6) is 0 Å². The number of piperidine rings is 1. The average Bonchev–Trinajstić information content (AvgIpc) is 2.16. The minimum Gasteiger partial charge on any atom is -0.300 e. The first-order valence-corrected chi connectivity index (χ1v) is 5.83. The summed E-state index contributed by atoms with van der Waals surface area (Å²) in [5.41, 5.74) is 0. The van der Waals surface area contributed by atoms with Gasteiger partial charge in [0, 0.05) is 31.5 Å². The van der Waals surface area contributed by atoms with Gasteiger partial charge in [-0.3, -0.25) is 9.69 Å². The van der Waals surface area contributed by atoms with Gasteiger partial charge in [-0.15, -0.1) is 0 Å². The van der Waals surface area contributed by atoms with Gasteiger partial charge < -0.3 is 0 Å². The van der Waals surface area contributed by atoms with Crippen LogP contribution in [0.1, 0.15) is 47.0 Å². The first-order chi connectivity index (χ1) is 6.56. The van der Waals surface area contributed by atoms with Gasteiger partial charge in [-0.25, -0.2) is 0 Å². The third kappa shape index (κ3) is 2.57. The van der Waals surface area contributed by atoms with Crippen LogP contribution < -0.4 is 0 Å². The number of nitrogens with zero attached hydrogens (tertiary/aromatic N) is 1. The Morgan fingerprint density at radius 3 is 2.57 bits per heavy atom. The highest BCUT2D eigenvalue weighted by molar-refractivity contribution is 5.80. The van der Waals surface area contributed by atoms with Gasteiger partial charge in [-0.1, -0.05) is 20.8 Å². The van der Waals surface area contributed by atoms with Crippen LogP contribution in [0.15, 0.2) is 0 Å². The number of carbonyl (C=O) groups is 1. The minimum atomic E-state index is 0.447. The first kappa shape index (κ1) is 11.7. The van der Waals surface area contributed by atoms with Gasteiger partial charge in [0.25, 0.3) is 0 Å². The van der Waals surface area contributed by atoms with Crippen LogP contribution in [0.25, 0.3) is 0 Å². The molecule has 1 rings (SSSR count). The number of hydrogen-bond donors (Lipinski definition) is 0. The molecule has 0 aromatic carbocycles. The van der Waals surface area contributed by atoms with Gasteiger partial charge in [-0.2, -0.15) is 0 Å². The zero-order chi connectivity index (χ0) is 10.7. The summed E-state index contributed by atoms with van der Waals surface area (Å²) in [5.74, 6) is 1.04. The Morgan fingerprint density at radius 1 is 1.43 bits per heavy atom. The van der Waals surface area contributed by atoms with Gasteiger partial charge in [0.15, 0.2) is 0 Å². The molecule has 0 aliphatic carbocycles. The van der Waals surface area contributed by atoms with Crippen molar-refractivity contribution in [1.29, 1.82) is 0 Å². The standard InChI is InChI=1S/C12H23NO/c1-5-10(4)13-7-6-11(14)8-12(13)9(2)3/h9-10,12H,5-8H2,1-4H3. The Kier molecular flexibility index (Phi) is 4.11. The Morgan fingerprint density at radius 2 is 2.07 bits per heavy atom. The quantitative estimate of drug-likeness (QED) is 0.692. The summed E-state index contributed by atoms with van der Waals surface area (Å²) < 4.78 is 0. The molecule has 0 N–H and O–H groups in total. The molecule has 82 valence electrons. The highest BCUT2D eigenvalue weighted by Crippen LogP contribution is 2.24. The van der Waals surface area contributed by atoms with E-state index in [0.29, 0.717) is 23.8 Å². The molecule has 0 amide bonds. The van der Waals surface area contributed by atoms with Gasteiger partial charge in [-0.05, 0) is 19.3 Å². The van der Waals surface area contributed by atoms with Crippen LogP contribution in [0.3, 0.4) is 0 Å². The summed E-state index contributed by atoms with van der Waals surface area (Å²) in [6, 6.07) is 1.10. The second-order valence-corrected chi connectivity index (χ2v) is 4.80. The summed E-state index contributed by atoms with van der Waals surface area (Å²) in [7, 11) is 0. The zero-order valence-electron chi connectivity index (χ0n) is 9.92. The van der Waals surface area contributed by atoms with Crippen molar-refractivity contribution in [3.63, 3.8) is 0 Å². The Bertz CT molecular complexity index is 200. The molecule has 0 bridgehead atoms. The number of likely N-dealkylation sites (tertiary alicyclic amines) is 1. The van der Waals surface area contributed by atoms with E-state index in [4.69, 9.17) is 0 Å². The molecule has 0 aromatic heterocycles. The number of carbonyl (C=O) groups excluding carboxylic acids is 1. The molecule has 0 radical (unpaired) electrons. The zero-order valence-corrected chi connectivity index (χ0v) is 9.92. The van der Waals surface area contributed by atoms with E-state index in [9.17, 15) is 4.79 Å². The molecule has 1 heterocycles. The molecule has 1 aliphatic heterocycles. The molecule has 0 aromatic rings. The Hall–Kier alpha value is -0.370. The van der Waals surface area contributed by atoms with E-state index >= 15 is 0 Å². The lowest BCUT2D eigenvalue weighted by molar-refractivity contribution is -0.124. The smallest absolute Gasteiger partial charge is 0.135 e. The molecule has 2 atom stereocenters. The SMILES string of the molecule is CCC(C)N1CCC(=O)CC1C(C)C. The minimum absolute atomic E-state index is 0.447. The lowest BCUT2D eigenvalue weighted by Gasteiger charge is -2.41. The highest BCUT2D eigenvalue weighted by Gasteiger charge is 2.31. The van der Waals surface area contributed by atoms with Crippen molar-refractivity contribution < 1.29 is 4.79 Å². The number of hydrogen-bond acceptors (Lipinski definition) is 2. The fraction of sp³-hybridized carbons (Fsp3) is 0.917. The third-order valence-electron chi connectivity index (χ3n) is 3.44. The van der Waals surface area contributed by atoms with Crippen molar-refractivity contribution in [2.45, 2.75) is 59.0 Å². The lowest BCUT2D eigenvalue weighted by Crippen LogP contribution is -2.49. The fourth-order valence-electron chi connectivity index (χ4n) is 2.27. The van der Waals surface area contributed by atoms with E-state index < -0.39 is 0 Å². The molecule has 0 spiro atoms. The molecule has 2 nitrogen and oxygen atoms in total. The maximum atomic E-state index is 11.4. The van der Waals surface area contributed by atoms with Gasteiger partial charge >= 0.3 is 0 Å². The van der Waals surface area contributed by atoms with Crippen LogP contribution in [-0.4, -0.2) is 29.3 Å². The second kappa shape index (κ2) is 4.92. The molecule has 2 heteroatoms. The van der Waals surface area contributed by atoms with Crippen molar-refractivity contribution in [3.8, 4) is 0 Å². The number of rotatable bonds is 3. The summed E-state index contributed by atoms with van der Waals surface area (Å²) in [6.45, 7) is 9.90. The van der Waals surface area contributed by atoms with E-state index in [2.05, 4.69) is 32.6 Å². The van der Waals surface area contributed by atoms with Crippen molar-refractivity contribution in [3.05, 3.63) is 0 Å². The summed E-state index contributed by atoms with van der Waals surface area (Å²) in [6.07, 6.45) is 2.70. The van der Waals surface area contributed by atoms with Crippen molar-refractivity contribution in [1.82, 2.24) is 4.90 Å². The molecule has 14 heavy (non-hydrogen) atoms. The Labute approximate surface area is 87.7 Å². The molecular formula is C12H23NO. The predicted molar refractivity (Wildman–Crippen MR) is 59.3 cm³/mol.